The number of nitrogens with one attached hydrogen (secondary N) is 1. The van der Waals surface area contributed by atoms with Crippen molar-refractivity contribution < 1.29 is 13.2 Å². The number of nitrogens with zero attached hydrogens (tertiary/aromatic N) is 1. The Hall–Kier alpha value is -1.56. The van der Waals surface area contributed by atoms with Gasteiger partial charge in [0.1, 0.15) is 6.54 Å². The maximum atomic E-state index is 11.7. The van der Waals surface area contributed by atoms with Gasteiger partial charge >= 0.3 is 10.2 Å². The van der Waals surface area contributed by atoms with E-state index in [4.69, 9.17) is 0 Å². The number of hydrogen-bond donors (Lipinski definition) is 1. The van der Waals surface area contributed by atoms with Crippen LogP contribution in [0.3, 0.4) is 0 Å². The summed E-state index contributed by atoms with van der Waals surface area (Å²) in [6.45, 7) is 3.73. The molecule has 5 nitrogen and oxygen atoms in total. The fourth-order valence-electron chi connectivity index (χ4n) is 1.88. The number of anilines is 1. The molecule has 6 heteroatoms. The van der Waals surface area contributed by atoms with E-state index < -0.39 is 16.1 Å². The van der Waals surface area contributed by atoms with Crippen molar-refractivity contribution in [1.82, 2.24) is 4.72 Å². The van der Waals surface area contributed by atoms with Gasteiger partial charge in [-0.15, -0.1) is 0 Å². The molecule has 0 atom stereocenters. The van der Waals surface area contributed by atoms with Crippen molar-refractivity contribution in [1.29, 1.82) is 0 Å². The van der Waals surface area contributed by atoms with E-state index in [1.165, 1.54) is 0 Å². The molecule has 1 aliphatic rings. The maximum Gasteiger partial charge on any atom is 0.326 e. The summed E-state index contributed by atoms with van der Waals surface area (Å²) in [7, 11) is -3.70. The molecule has 1 aromatic rings. The first-order chi connectivity index (χ1) is 7.94. The van der Waals surface area contributed by atoms with Crippen LogP contribution in [-0.4, -0.2) is 20.9 Å². The molecule has 0 bridgehead atoms. The molecule has 0 aromatic heterocycles. The first-order valence-corrected chi connectivity index (χ1v) is 6.81. The minimum atomic E-state index is -3.70. The Labute approximate surface area is 101 Å². The number of carbonyl (C=O) groups is 1. The van der Waals surface area contributed by atoms with Crippen LogP contribution < -0.4 is 9.03 Å². The zero-order valence-corrected chi connectivity index (χ0v) is 10.5. The Morgan fingerprint density at radius 3 is 2.59 bits per heavy atom. The van der Waals surface area contributed by atoms with Gasteiger partial charge < -0.3 is 0 Å². The van der Waals surface area contributed by atoms with Crippen molar-refractivity contribution in [2.45, 2.75) is 20.3 Å². The van der Waals surface area contributed by atoms with Crippen LogP contribution in [0.1, 0.15) is 18.1 Å². The van der Waals surface area contributed by atoms with Crippen LogP contribution in [0.5, 0.6) is 0 Å². The van der Waals surface area contributed by atoms with Crippen LogP contribution in [0.25, 0.3) is 0 Å². The average Bonchev–Trinajstić information content (AvgIpc) is 2.51. The minimum absolute atomic E-state index is 0.144. The summed E-state index contributed by atoms with van der Waals surface area (Å²) >= 11 is 0. The van der Waals surface area contributed by atoms with Crippen LogP contribution in [0.2, 0.25) is 0 Å². The smallest absolute Gasteiger partial charge is 0.272 e. The minimum Gasteiger partial charge on any atom is -0.272 e. The molecule has 92 valence electrons. The van der Waals surface area contributed by atoms with Gasteiger partial charge in [0.15, 0.2) is 0 Å². The standard InChI is InChI=1S/C11H14N2O3S/c1-3-9-4-5-10(8(2)6-9)13-7-11(14)12-17(13,15)16/h4-6H,3,7H2,1-2H3,(H,12,14). The van der Waals surface area contributed by atoms with Gasteiger partial charge in [-0.1, -0.05) is 19.1 Å². The summed E-state index contributed by atoms with van der Waals surface area (Å²) in [6.07, 6.45) is 0.894. The van der Waals surface area contributed by atoms with E-state index in [9.17, 15) is 13.2 Å². The summed E-state index contributed by atoms with van der Waals surface area (Å²) in [5, 5.41) is 0. The lowest BCUT2D eigenvalue weighted by Crippen LogP contribution is -2.30. The largest absolute Gasteiger partial charge is 0.326 e. The summed E-state index contributed by atoms with van der Waals surface area (Å²) in [6, 6.07) is 5.56. The molecule has 0 spiro atoms. The Morgan fingerprint density at radius 2 is 2.12 bits per heavy atom. The summed E-state index contributed by atoms with van der Waals surface area (Å²) in [5.41, 5.74) is 2.55. The number of hydrogen-bond acceptors (Lipinski definition) is 3. The van der Waals surface area contributed by atoms with Crippen molar-refractivity contribution in [3.63, 3.8) is 0 Å². The van der Waals surface area contributed by atoms with E-state index in [0.717, 1.165) is 21.9 Å². The molecular weight excluding hydrogens is 240 g/mol. The van der Waals surface area contributed by atoms with Gasteiger partial charge in [-0.2, -0.15) is 8.42 Å². The molecule has 0 aliphatic carbocycles. The first-order valence-electron chi connectivity index (χ1n) is 5.37. The van der Waals surface area contributed by atoms with Crippen molar-refractivity contribution in [3.05, 3.63) is 29.3 Å². The molecule has 1 N–H and O–H groups in total. The number of aryl methyl sites for hydroxylation is 2. The van der Waals surface area contributed by atoms with E-state index in [1.54, 1.807) is 6.07 Å². The van der Waals surface area contributed by atoms with E-state index in [-0.39, 0.29) is 6.54 Å². The number of carbonyl (C=O) groups excluding carboxylic acids is 1. The van der Waals surface area contributed by atoms with E-state index in [1.807, 2.05) is 30.7 Å². The van der Waals surface area contributed by atoms with Crippen LogP contribution in [0, 0.1) is 6.92 Å². The second-order valence-electron chi connectivity index (χ2n) is 4.01. The molecule has 0 radical (unpaired) electrons. The third-order valence-corrected chi connectivity index (χ3v) is 4.15. The third kappa shape index (κ3) is 2.12. The lowest BCUT2D eigenvalue weighted by atomic mass is 10.1. The maximum absolute atomic E-state index is 11.7. The van der Waals surface area contributed by atoms with Crippen molar-refractivity contribution in [3.8, 4) is 0 Å². The fourth-order valence-corrected chi connectivity index (χ4v) is 3.09. The predicted molar refractivity (Wildman–Crippen MR) is 65.0 cm³/mol. The Balaban J connectivity index is 2.45. The monoisotopic (exact) mass is 254 g/mol. The normalized spacial score (nSPS) is 18.2. The summed E-state index contributed by atoms with van der Waals surface area (Å²) in [4.78, 5) is 11.1. The number of benzene rings is 1. The Morgan fingerprint density at radius 1 is 1.41 bits per heavy atom. The van der Waals surface area contributed by atoms with Crippen LogP contribution in [-0.2, 0) is 21.4 Å². The van der Waals surface area contributed by atoms with Crippen LogP contribution in [0.15, 0.2) is 18.2 Å². The zero-order valence-electron chi connectivity index (χ0n) is 9.73. The van der Waals surface area contributed by atoms with E-state index in [0.29, 0.717) is 5.69 Å². The van der Waals surface area contributed by atoms with Gasteiger partial charge in [0.25, 0.3) is 5.91 Å². The highest BCUT2D eigenvalue weighted by Crippen LogP contribution is 2.25. The summed E-state index contributed by atoms with van der Waals surface area (Å²) < 4.78 is 26.4. The molecule has 17 heavy (non-hydrogen) atoms. The fraction of sp³-hybridized carbons (Fsp3) is 0.364. The molecular formula is C11H14N2O3S. The summed E-state index contributed by atoms with van der Waals surface area (Å²) in [5.74, 6) is -0.496. The number of amides is 1. The van der Waals surface area contributed by atoms with Gasteiger partial charge in [-0.3, -0.25) is 4.79 Å². The third-order valence-electron chi connectivity index (χ3n) is 2.76. The average molecular weight is 254 g/mol. The zero-order chi connectivity index (χ0) is 12.6. The lowest BCUT2D eigenvalue weighted by Gasteiger charge is -2.17. The predicted octanol–water partition coefficient (Wildman–Crippen LogP) is 0.738. The Bertz CT molecular complexity index is 566. The van der Waals surface area contributed by atoms with Gasteiger partial charge in [-0.05, 0) is 30.5 Å². The quantitative estimate of drug-likeness (QED) is 0.846. The molecule has 1 amide bonds. The highest BCUT2D eigenvalue weighted by Gasteiger charge is 2.34. The van der Waals surface area contributed by atoms with Gasteiger partial charge in [0, 0.05) is 0 Å². The molecule has 1 heterocycles. The molecule has 1 aromatic carbocycles. The van der Waals surface area contributed by atoms with Crippen LogP contribution >= 0.6 is 0 Å². The van der Waals surface area contributed by atoms with Crippen LogP contribution in [0.4, 0.5) is 5.69 Å². The highest BCUT2D eigenvalue weighted by atomic mass is 32.2. The molecule has 1 aliphatic heterocycles. The Kier molecular flexibility index (Phi) is 2.82. The van der Waals surface area contributed by atoms with Crippen molar-refractivity contribution in [2.75, 3.05) is 10.8 Å². The molecule has 1 saturated heterocycles. The topological polar surface area (TPSA) is 66.5 Å². The van der Waals surface area contributed by atoms with Crippen molar-refractivity contribution in [2.24, 2.45) is 0 Å². The first kappa shape index (κ1) is 11.9. The van der Waals surface area contributed by atoms with E-state index in [2.05, 4.69) is 0 Å². The van der Waals surface area contributed by atoms with Gasteiger partial charge in [0.2, 0.25) is 0 Å². The molecule has 0 saturated carbocycles. The number of rotatable bonds is 2. The van der Waals surface area contributed by atoms with Gasteiger partial charge in [-0.25, -0.2) is 9.03 Å². The second kappa shape index (κ2) is 4.03. The molecule has 2 rings (SSSR count). The lowest BCUT2D eigenvalue weighted by molar-refractivity contribution is -0.117. The SMILES string of the molecule is CCc1ccc(N2CC(=O)NS2(=O)=O)c(C)c1. The van der Waals surface area contributed by atoms with Crippen molar-refractivity contribution >= 4 is 21.8 Å². The molecule has 0 unspecified atom stereocenters. The second-order valence-corrected chi connectivity index (χ2v) is 5.61. The van der Waals surface area contributed by atoms with E-state index >= 15 is 0 Å². The molecule has 1 fully saturated rings. The van der Waals surface area contributed by atoms with Gasteiger partial charge in [0.05, 0.1) is 5.69 Å². The highest BCUT2D eigenvalue weighted by molar-refractivity contribution is 7.92.